The largest absolute Gasteiger partial charge is 0.472 e. The molecule has 92 heavy (non-hydrogen) atoms. The van der Waals surface area contributed by atoms with Gasteiger partial charge in [-0.05, 0) is 49.4 Å². The van der Waals surface area contributed by atoms with Crippen LogP contribution in [0.1, 0.15) is 364 Å². The number of phosphoric acid groups is 2. The zero-order valence-electron chi connectivity index (χ0n) is 60.2. The maximum absolute atomic E-state index is 13.1. The van der Waals surface area contributed by atoms with Gasteiger partial charge in [-0.3, -0.25) is 37.3 Å². The second-order valence-corrected chi connectivity index (χ2v) is 31.1. The van der Waals surface area contributed by atoms with Crippen molar-refractivity contribution in [2.45, 2.75) is 382 Å². The number of phosphoric ester groups is 2. The maximum Gasteiger partial charge on any atom is 0.472 e. The van der Waals surface area contributed by atoms with Gasteiger partial charge in [0.25, 0.3) is 0 Å². The lowest BCUT2D eigenvalue weighted by Crippen LogP contribution is -2.30. The van der Waals surface area contributed by atoms with Crippen LogP contribution in [0.15, 0.2) is 0 Å². The van der Waals surface area contributed by atoms with Crippen molar-refractivity contribution in [1.29, 1.82) is 0 Å². The van der Waals surface area contributed by atoms with Crippen LogP contribution < -0.4 is 0 Å². The van der Waals surface area contributed by atoms with E-state index in [1.807, 2.05) is 0 Å². The fourth-order valence-corrected chi connectivity index (χ4v) is 12.6. The van der Waals surface area contributed by atoms with Gasteiger partial charge in [-0.25, -0.2) is 9.13 Å². The molecule has 17 nitrogen and oxygen atoms in total. The number of ether oxygens (including phenoxy) is 4. The third kappa shape index (κ3) is 66.7. The maximum atomic E-state index is 13.1. The summed E-state index contributed by atoms with van der Waals surface area (Å²) in [7, 11) is -9.91. The van der Waals surface area contributed by atoms with E-state index >= 15 is 0 Å². The topological polar surface area (TPSA) is 237 Å². The van der Waals surface area contributed by atoms with E-state index in [1.54, 1.807) is 0 Å². The number of hydrogen-bond acceptors (Lipinski definition) is 15. The van der Waals surface area contributed by atoms with Gasteiger partial charge in [-0.1, -0.05) is 312 Å². The van der Waals surface area contributed by atoms with Crippen molar-refractivity contribution in [2.75, 3.05) is 39.6 Å². The van der Waals surface area contributed by atoms with Crippen LogP contribution in [-0.4, -0.2) is 96.7 Å². The van der Waals surface area contributed by atoms with E-state index in [9.17, 15) is 43.2 Å². The number of aliphatic hydroxyl groups is 1. The number of hydrogen-bond donors (Lipinski definition) is 3. The molecule has 0 aromatic carbocycles. The quantitative estimate of drug-likeness (QED) is 0.0222. The minimum atomic E-state index is -4.96. The minimum absolute atomic E-state index is 0.102. The average Bonchev–Trinajstić information content (AvgIpc) is 2.21. The molecule has 0 aromatic heterocycles. The second-order valence-electron chi connectivity index (χ2n) is 28.2. The van der Waals surface area contributed by atoms with Crippen molar-refractivity contribution in [2.24, 2.45) is 23.7 Å². The lowest BCUT2D eigenvalue weighted by Gasteiger charge is -2.21. The van der Waals surface area contributed by atoms with Crippen LogP contribution in [0.3, 0.4) is 0 Å². The van der Waals surface area contributed by atoms with Gasteiger partial charge in [-0.2, -0.15) is 0 Å². The summed E-state index contributed by atoms with van der Waals surface area (Å²) < 4.78 is 68.4. The molecule has 0 heterocycles. The monoisotopic (exact) mass is 1350 g/mol. The SMILES string of the molecule is CC(C)CCCCCCCCCCCCCCCCC(=O)OC[C@H](COP(=O)(O)OCC(O)COP(=O)(O)OC[C@@H](COC(=O)CCCCCCCCCC(C)C)OC(=O)CCCCCCCCCC(C)C)OC(=O)CCCCCCCCCCCCCCC(C)C. The molecule has 0 bridgehead atoms. The highest BCUT2D eigenvalue weighted by atomic mass is 31.2. The molecule has 3 unspecified atom stereocenters. The van der Waals surface area contributed by atoms with Crippen molar-refractivity contribution in [3.05, 3.63) is 0 Å². The molecule has 5 atom stereocenters. The number of carbonyl (C=O) groups excluding carboxylic acids is 4. The highest BCUT2D eigenvalue weighted by Gasteiger charge is 2.30. The molecule has 0 aromatic rings. The number of unbranched alkanes of at least 4 members (excludes halogenated alkanes) is 36. The first kappa shape index (κ1) is 90.1. The first-order valence-corrected chi connectivity index (χ1v) is 40.7. The fraction of sp³-hybridized carbons (Fsp3) is 0.945. The van der Waals surface area contributed by atoms with Crippen molar-refractivity contribution in [1.82, 2.24) is 0 Å². The molecular formula is C73H142O17P2. The van der Waals surface area contributed by atoms with E-state index in [1.165, 1.54) is 161 Å². The molecule has 3 N–H and O–H groups in total. The lowest BCUT2D eigenvalue weighted by atomic mass is 10.0. The molecule has 0 spiro atoms. The summed E-state index contributed by atoms with van der Waals surface area (Å²) in [5.74, 6) is 0.849. The standard InChI is InChI=1S/C73H142O17P2/c1-63(2)49-41-33-25-19-15-11-9-10-12-17-21-29-37-45-53-70(75)83-59-68(89-72(77)55-47-39-30-22-18-14-13-16-20-26-34-42-50-64(3)4)61-87-91(79,80)85-57-67(74)58-86-92(81,82)88-62-69(90-73(78)56-48-40-32-24-28-36-44-52-66(7)8)60-84-71(76)54-46-38-31-23-27-35-43-51-65(5)6/h63-69,74H,9-62H2,1-8H3,(H,79,80)(H,81,82)/t67?,68-,69-/m1/s1. The van der Waals surface area contributed by atoms with Crippen molar-refractivity contribution < 1.29 is 80.2 Å². The van der Waals surface area contributed by atoms with Crippen LogP contribution in [0.4, 0.5) is 0 Å². The fourth-order valence-electron chi connectivity index (χ4n) is 11.0. The predicted molar refractivity (Wildman–Crippen MR) is 372 cm³/mol. The van der Waals surface area contributed by atoms with Gasteiger partial charge in [0.05, 0.1) is 26.4 Å². The van der Waals surface area contributed by atoms with E-state index in [2.05, 4.69) is 55.4 Å². The molecule has 19 heteroatoms. The van der Waals surface area contributed by atoms with Crippen molar-refractivity contribution >= 4 is 39.5 Å². The molecule has 0 saturated heterocycles. The molecule has 0 fully saturated rings. The minimum Gasteiger partial charge on any atom is -0.462 e. The smallest absolute Gasteiger partial charge is 0.462 e. The number of aliphatic hydroxyl groups excluding tert-OH is 1. The highest BCUT2D eigenvalue weighted by molar-refractivity contribution is 7.47. The van der Waals surface area contributed by atoms with E-state index in [4.69, 9.17) is 37.0 Å². The summed E-state index contributed by atoms with van der Waals surface area (Å²) in [4.78, 5) is 72.6. The molecule has 0 aliphatic heterocycles. The van der Waals surface area contributed by atoms with Crippen molar-refractivity contribution in [3.63, 3.8) is 0 Å². The van der Waals surface area contributed by atoms with Gasteiger partial charge < -0.3 is 33.8 Å². The molecule has 546 valence electrons. The summed E-state index contributed by atoms with van der Waals surface area (Å²) in [5, 5.41) is 10.6. The molecule has 0 saturated carbocycles. The Morgan fingerprint density at radius 2 is 0.457 bits per heavy atom. The van der Waals surface area contributed by atoms with Crippen LogP contribution in [0.25, 0.3) is 0 Å². The summed E-state index contributed by atoms with van der Waals surface area (Å²) in [6, 6.07) is 0. The second kappa shape index (κ2) is 62.6. The van der Waals surface area contributed by atoms with Gasteiger partial charge in [-0.15, -0.1) is 0 Å². The van der Waals surface area contributed by atoms with Crippen LogP contribution in [0.5, 0.6) is 0 Å². The number of carbonyl (C=O) groups is 4. The lowest BCUT2D eigenvalue weighted by molar-refractivity contribution is -0.161. The highest BCUT2D eigenvalue weighted by Crippen LogP contribution is 2.45. The number of rotatable bonds is 70. The van der Waals surface area contributed by atoms with Crippen LogP contribution >= 0.6 is 15.6 Å². The first-order chi connectivity index (χ1) is 44.1. The first-order valence-electron chi connectivity index (χ1n) is 37.7. The molecule has 0 aliphatic rings. The molecule has 0 rings (SSSR count). The van der Waals surface area contributed by atoms with Crippen LogP contribution in [0.2, 0.25) is 0 Å². The Balaban J connectivity index is 5.23. The Hall–Kier alpha value is -1.94. The molecule has 0 aliphatic carbocycles. The normalized spacial score (nSPS) is 14.2. The average molecular weight is 1350 g/mol. The third-order valence-corrected chi connectivity index (χ3v) is 18.7. The van der Waals surface area contributed by atoms with Gasteiger partial charge in [0, 0.05) is 25.7 Å². The summed E-state index contributed by atoms with van der Waals surface area (Å²) in [6.45, 7) is 14.1. The van der Waals surface area contributed by atoms with E-state index < -0.39 is 97.5 Å². The zero-order chi connectivity index (χ0) is 68.2. The van der Waals surface area contributed by atoms with Gasteiger partial charge in [0.1, 0.15) is 19.3 Å². The Morgan fingerprint density at radius 3 is 0.674 bits per heavy atom. The van der Waals surface area contributed by atoms with E-state index in [-0.39, 0.29) is 25.7 Å². The van der Waals surface area contributed by atoms with Gasteiger partial charge >= 0.3 is 39.5 Å². The Morgan fingerprint density at radius 1 is 0.272 bits per heavy atom. The summed E-state index contributed by atoms with van der Waals surface area (Å²) in [5.41, 5.74) is 0. The summed E-state index contributed by atoms with van der Waals surface area (Å²) in [6.07, 6.45) is 46.0. The van der Waals surface area contributed by atoms with Crippen LogP contribution in [-0.2, 0) is 65.4 Å². The zero-order valence-corrected chi connectivity index (χ0v) is 62.0. The van der Waals surface area contributed by atoms with Crippen LogP contribution in [0, 0.1) is 23.7 Å². The van der Waals surface area contributed by atoms with E-state index in [0.29, 0.717) is 37.5 Å². The van der Waals surface area contributed by atoms with Gasteiger partial charge in [0.15, 0.2) is 12.2 Å². The Labute approximate surface area is 562 Å². The molecular weight excluding hydrogens is 1210 g/mol. The third-order valence-electron chi connectivity index (χ3n) is 16.8. The summed E-state index contributed by atoms with van der Waals surface area (Å²) >= 11 is 0. The Kier molecular flexibility index (Phi) is 61.3. The van der Waals surface area contributed by atoms with E-state index in [0.717, 1.165) is 108 Å². The molecule has 0 amide bonds. The predicted octanol–water partition coefficient (Wildman–Crippen LogP) is 20.9. The Bertz CT molecular complexity index is 1820. The van der Waals surface area contributed by atoms with Crippen molar-refractivity contribution in [3.8, 4) is 0 Å². The van der Waals surface area contributed by atoms with Gasteiger partial charge in [0.2, 0.25) is 0 Å². The molecule has 0 radical (unpaired) electrons. The number of esters is 4.